The van der Waals surface area contributed by atoms with Gasteiger partial charge in [-0.15, -0.1) is 0 Å². The van der Waals surface area contributed by atoms with Crippen LogP contribution in [0.3, 0.4) is 0 Å². The molecule has 0 amide bonds. The van der Waals surface area contributed by atoms with Crippen LogP contribution in [-0.2, 0) is 0 Å². The molecule has 0 aliphatic rings. The van der Waals surface area contributed by atoms with Crippen LogP contribution in [0.15, 0.2) is 16.9 Å². The van der Waals surface area contributed by atoms with Gasteiger partial charge in [-0.05, 0) is 0 Å². The second kappa shape index (κ2) is 1.65. The molecule has 0 atom stereocenters. The molecule has 41 valence electrons. The molecule has 0 saturated carbocycles. The van der Waals surface area contributed by atoms with Crippen LogP contribution in [0, 0.1) is 16.2 Å². The summed E-state index contributed by atoms with van der Waals surface area (Å²) in [7, 11) is 0. The monoisotopic (exact) mass is 112 g/mol. The van der Waals surface area contributed by atoms with Crippen molar-refractivity contribution in [2.24, 2.45) is 0 Å². The Morgan fingerprint density at radius 2 is 2.62 bits per heavy atom. The van der Waals surface area contributed by atoms with Crippen LogP contribution < -0.4 is 0 Å². The summed E-state index contributed by atoms with van der Waals surface area (Å²) >= 11 is 0. The average Bonchev–Trinajstić information content (AvgIpc) is 2.12. The van der Waals surface area contributed by atoms with Gasteiger partial charge in [0, 0.05) is 0 Å². The normalized spacial score (nSPS) is 9.00. The predicted octanol–water partition coefficient (Wildman–Crippen LogP) is 0.988. The van der Waals surface area contributed by atoms with Crippen LogP contribution in [0.2, 0.25) is 0 Å². The minimum absolute atomic E-state index is 0.134. The Labute approximate surface area is 44.9 Å². The smallest absolute Gasteiger partial charge is 0.315 e. The summed E-state index contributed by atoms with van der Waals surface area (Å²) in [5, 5.41) is 9.78. The molecule has 4 heteroatoms. The first-order chi connectivity index (χ1) is 3.80. The van der Waals surface area contributed by atoms with Crippen molar-refractivity contribution in [3.63, 3.8) is 0 Å². The van der Waals surface area contributed by atoms with E-state index in [1.165, 1.54) is 0 Å². The summed E-state index contributed by atoms with van der Waals surface area (Å²) in [4.78, 5) is 9.21. The molecule has 1 aromatic heterocycles. The Morgan fingerprint density at radius 3 is 2.88 bits per heavy atom. The van der Waals surface area contributed by atoms with Gasteiger partial charge in [-0.1, -0.05) is 0 Å². The molecule has 4 nitrogen and oxygen atoms in total. The summed E-state index contributed by atoms with van der Waals surface area (Å²) in [6.07, 6.45) is 2.16. The maximum Gasteiger partial charge on any atom is 0.315 e. The molecule has 1 heterocycles. The molecule has 8 heavy (non-hydrogen) atoms. The summed E-state index contributed by atoms with van der Waals surface area (Å²) < 4.78 is 4.38. The Balaban J connectivity index is 2.93. The molecular formula is C4H2NO3. The highest BCUT2D eigenvalue weighted by Crippen LogP contribution is 2.07. The highest BCUT2D eigenvalue weighted by atomic mass is 16.6. The summed E-state index contributed by atoms with van der Waals surface area (Å²) in [6, 6.07) is 2.27. The zero-order valence-corrected chi connectivity index (χ0v) is 3.83. The standard InChI is InChI=1S/C4H2NO3/c6-5(7)4-1-2-8-3-4/h2-3H. The molecule has 0 unspecified atom stereocenters. The van der Waals surface area contributed by atoms with Crippen molar-refractivity contribution in [2.45, 2.75) is 0 Å². The zero-order chi connectivity index (χ0) is 5.98. The Hall–Kier alpha value is -1.32. The zero-order valence-electron chi connectivity index (χ0n) is 3.83. The van der Waals surface area contributed by atoms with Crippen LogP contribution in [0.4, 0.5) is 5.69 Å². The quantitative estimate of drug-likeness (QED) is 0.402. The fourth-order valence-corrected chi connectivity index (χ4v) is 0.323. The van der Waals surface area contributed by atoms with Crippen LogP contribution in [0.1, 0.15) is 0 Å². The third-order valence-electron chi connectivity index (χ3n) is 0.651. The van der Waals surface area contributed by atoms with Crippen LogP contribution in [0.25, 0.3) is 0 Å². The lowest BCUT2D eigenvalue weighted by atomic mass is 10.6. The van der Waals surface area contributed by atoms with Crippen molar-refractivity contribution < 1.29 is 9.34 Å². The lowest BCUT2D eigenvalue weighted by Gasteiger charge is -1.75. The second-order valence-corrected chi connectivity index (χ2v) is 1.16. The molecule has 0 saturated heterocycles. The summed E-state index contributed by atoms with van der Waals surface area (Å²) in [6.45, 7) is 0. The van der Waals surface area contributed by atoms with E-state index in [4.69, 9.17) is 0 Å². The van der Waals surface area contributed by atoms with Gasteiger partial charge in [-0.2, -0.15) is 0 Å². The number of hydrogen-bond acceptors (Lipinski definition) is 3. The van der Waals surface area contributed by atoms with Crippen LogP contribution in [0.5, 0.6) is 0 Å². The van der Waals surface area contributed by atoms with E-state index < -0.39 is 4.92 Å². The van der Waals surface area contributed by atoms with E-state index in [0.29, 0.717) is 0 Å². The van der Waals surface area contributed by atoms with Gasteiger partial charge in [-0.3, -0.25) is 10.1 Å². The van der Waals surface area contributed by atoms with Crippen molar-refractivity contribution in [3.8, 4) is 0 Å². The van der Waals surface area contributed by atoms with Gasteiger partial charge in [0.05, 0.1) is 4.92 Å². The fraction of sp³-hybridized carbons (Fsp3) is 0. The molecule has 0 spiro atoms. The number of rotatable bonds is 1. The first-order valence-electron chi connectivity index (χ1n) is 1.89. The van der Waals surface area contributed by atoms with Crippen molar-refractivity contribution in [3.05, 3.63) is 28.7 Å². The van der Waals surface area contributed by atoms with Crippen molar-refractivity contribution in [1.82, 2.24) is 0 Å². The fourth-order valence-electron chi connectivity index (χ4n) is 0.323. The Bertz CT molecular complexity index is 179. The molecule has 0 bridgehead atoms. The average molecular weight is 112 g/mol. The Morgan fingerprint density at radius 1 is 1.88 bits per heavy atom. The third-order valence-corrected chi connectivity index (χ3v) is 0.651. The lowest BCUT2D eigenvalue weighted by molar-refractivity contribution is -0.385. The minimum Gasteiger partial charge on any atom is -0.465 e. The minimum atomic E-state index is -0.566. The number of nitro groups is 1. The topological polar surface area (TPSA) is 56.3 Å². The second-order valence-electron chi connectivity index (χ2n) is 1.16. The van der Waals surface area contributed by atoms with Gasteiger partial charge in [0.25, 0.3) is 0 Å². The largest absolute Gasteiger partial charge is 0.465 e. The van der Waals surface area contributed by atoms with Gasteiger partial charge >= 0.3 is 5.69 Å². The van der Waals surface area contributed by atoms with Crippen molar-refractivity contribution >= 4 is 5.69 Å². The van der Waals surface area contributed by atoms with Crippen molar-refractivity contribution in [2.75, 3.05) is 0 Å². The van der Waals surface area contributed by atoms with E-state index in [1.807, 2.05) is 0 Å². The molecular weight excluding hydrogens is 110 g/mol. The third kappa shape index (κ3) is 0.676. The SMILES string of the molecule is O=[N+]([O-])c1[c]coc1. The van der Waals surface area contributed by atoms with Crippen LogP contribution >= 0.6 is 0 Å². The van der Waals surface area contributed by atoms with Gasteiger partial charge in [0.1, 0.15) is 12.3 Å². The van der Waals surface area contributed by atoms with Gasteiger partial charge in [-0.25, -0.2) is 0 Å². The molecule has 0 aliphatic heterocycles. The summed E-state index contributed by atoms with van der Waals surface area (Å²) in [5.41, 5.74) is -0.134. The molecule has 1 radical (unpaired) electrons. The van der Waals surface area contributed by atoms with Gasteiger partial charge in [0.15, 0.2) is 6.26 Å². The highest BCUT2D eigenvalue weighted by molar-refractivity contribution is 5.19. The first kappa shape index (κ1) is 4.83. The van der Waals surface area contributed by atoms with E-state index in [-0.39, 0.29) is 5.69 Å². The molecule has 0 fully saturated rings. The lowest BCUT2D eigenvalue weighted by Crippen LogP contribution is -1.82. The van der Waals surface area contributed by atoms with E-state index in [1.54, 1.807) is 0 Å². The Kier molecular flexibility index (Phi) is 0.997. The van der Waals surface area contributed by atoms with Gasteiger partial charge in [0.2, 0.25) is 0 Å². The van der Waals surface area contributed by atoms with E-state index in [2.05, 4.69) is 10.5 Å². The van der Waals surface area contributed by atoms with Crippen molar-refractivity contribution in [1.29, 1.82) is 0 Å². The number of furan rings is 1. The number of hydrogen-bond donors (Lipinski definition) is 0. The highest BCUT2D eigenvalue weighted by Gasteiger charge is 2.03. The summed E-state index contributed by atoms with van der Waals surface area (Å²) in [5.74, 6) is 0. The maximum atomic E-state index is 9.78. The maximum absolute atomic E-state index is 9.78. The van der Waals surface area contributed by atoms with E-state index >= 15 is 0 Å². The first-order valence-corrected chi connectivity index (χ1v) is 1.89. The predicted molar refractivity (Wildman–Crippen MR) is 24.2 cm³/mol. The number of nitrogens with zero attached hydrogens (tertiary/aromatic N) is 1. The van der Waals surface area contributed by atoms with Gasteiger partial charge < -0.3 is 4.42 Å². The molecule has 1 rings (SSSR count). The van der Waals surface area contributed by atoms with E-state index in [9.17, 15) is 10.1 Å². The molecule has 1 aromatic rings. The van der Waals surface area contributed by atoms with Crippen LogP contribution in [-0.4, -0.2) is 4.92 Å². The molecule has 0 aromatic carbocycles. The van der Waals surface area contributed by atoms with E-state index in [0.717, 1.165) is 12.5 Å². The molecule has 0 aliphatic carbocycles. The molecule has 0 N–H and O–H groups in total.